The number of aromatic nitrogens is 2. The van der Waals surface area contributed by atoms with Crippen LogP contribution in [0.15, 0.2) is 6.33 Å². The van der Waals surface area contributed by atoms with Crippen molar-refractivity contribution < 1.29 is 19.2 Å². The fourth-order valence-electron chi connectivity index (χ4n) is 1.47. The van der Waals surface area contributed by atoms with Crippen LogP contribution in [0.2, 0.25) is 0 Å². The standard InChI is InChI=1S/C8H13N5O3/c9-8-11-6-5(7(15)12-8)10-3-13(6)4-16-2-1-14/h3,8,14H,1-2,4,9H2,(H2,11,12,15)/p+1/t8-/m1/s1. The molecule has 1 atom stereocenters. The normalized spacial score (nSPS) is 18.9. The summed E-state index contributed by atoms with van der Waals surface area (Å²) in [5.41, 5.74) is 5.98. The zero-order chi connectivity index (χ0) is 11.5. The number of carbonyl (C=O) groups excluding carboxylic acids is 1. The highest BCUT2D eigenvalue weighted by Crippen LogP contribution is 2.11. The molecule has 2 rings (SSSR count). The van der Waals surface area contributed by atoms with Gasteiger partial charge in [-0.2, -0.15) is 0 Å². The lowest BCUT2D eigenvalue weighted by Crippen LogP contribution is -2.54. The molecule has 0 unspecified atom stereocenters. The number of fused-ring (bicyclic) bond motifs is 1. The van der Waals surface area contributed by atoms with Gasteiger partial charge in [-0.05, 0) is 0 Å². The van der Waals surface area contributed by atoms with E-state index in [-0.39, 0.29) is 25.9 Å². The van der Waals surface area contributed by atoms with E-state index in [2.05, 4.69) is 15.6 Å². The van der Waals surface area contributed by atoms with E-state index in [9.17, 15) is 4.79 Å². The number of nitrogens with two attached hydrogens (primary N) is 1. The van der Waals surface area contributed by atoms with Crippen LogP contribution in [0, 0.1) is 0 Å². The summed E-state index contributed by atoms with van der Waals surface area (Å²) in [6.07, 6.45) is 0.993. The number of aliphatic hydroxyl groups excluding tert-OH is 1. The Kier molecular flexibility index (Phi) is 3.04. The van der Waals surface area contributed by atoms with Crippen molar-refractivity contribution in [3.63, 3.8) is 0 Å². The van der Waals surface area contributed by atoms with Gasteiger partial charge in [0.25, 0.3) is 11.7 Å². The number of anilines is 1. The molecule has 0 bridgehead atoms. The average molecular weight is 228 g/mol. The van der Waals surface area contributed by atoms with Gasteiger partial charge in [-0.25, -0.2) is 4.57 Å². The van der Waals surface area contributed by atoms with Crippen molar-refractivity contribution in [2.45, 2.75) is 13.0 Å². The summed E-state index contributed by atoms with van der Waals surface area (Å²) in [7, 11) is 0. The minimum Gasteiger partial charge on any atom is -0.394 e. The Hall–Kier alpha value is -1.64. The monoisotopic (exact) mass is 228 g/mol. The van der Waals surface area contributed by atoms with Crippen LogP contribution in [0.3, 0.4) is 0 Å². The summed E-state index contributed by atoms with van der Waals surface area (Å²) in [5.74, 6) is 0.316. The summed E-state index contributed by atoms with van der Waals surface area (Å²) in [4.78, 5) is 14.3. The molecular weight excluding hydrogens is 214 g/mol. The minimum absolute atomic E-state index is 0.0411. The molecule has 16 heavy (non-hydrogen) atoms. The lowest BCUT2D eigenvalue weighted by molar-refractivity contribution is -0.719. The van der Waals surface area contributed by atoms with Crippen LogP contribution in [0.1, 0.15) is 10.5 Å². The largest absolute Gasteiger partial charge is 0.394 e. The number of imidazole rings is 1. The first kappa shape index (κ1) is 10.9. The van der Waals surface area contributed by atoms with E-state index in [1.165, 1.54) is 0 Å². The second-order valence-electron chi connectivity index (χ2n) is 3.32. The quantitative estimate of drug-likeness (QED) is 0.293. The maximum Gasteiger partial charge on any atom is 0.293 e. The fraction of sp³-hybridized carbons (Fsp3) is 0.500. The highest BCUT2D eigenvalue weighted by Gasteiger charge is 2.31. The number of amides is 1. The topological polar surface area (TPSA) is 116 Å². The molecule has 0 aromatic carbocycles. The Morgan fingerprint density at radius 1 is 1.56 bits per heavy atom. The Labute approximate surface area is 91.4 Å². The van der Waals surface area contributed by atoms with Crippen molar-refractivity contribution in [3.8, 4) is 0 Å². The highest BCUT2D eigenvalue weighted by atomic mass is 16.5. The number of hydrogen-bond donors (Lipinski definition) is 5. The number of aliphatic hydroxyl groups is 1. The van der Waals surface area contributed by atoms with Gasteiger partial charge >= 0.3 is 0 Å². The van der Waals surface area contributed by atoms with Gasteiger partial charge in [-0.15, -0.1) is 0 Å². The van der Waals surface area contributed by atoms with Crippen molar-refractivity contribution >= 4 is 11.7 Å². The van der Waals surface area contributed by atoms with E-state index < -0.39 is 6.29 Å². The van der Waals surface area contributed by atoms with Crippen LogP contribution in [-0.4, -0.2) is 35.5 Å². The molecule has 1 aromatic rings. The van der Waals surface area contributed by atoms with Gasteiger partial charge in [-0.1, -0.05) is 0 Å². The van der Waals surface area contributed by atoms with Crippen LogP contribution in [0.5, 0.6) is 0 Å². The first-order valence-electron chi connectivity index (χ1n) is 4.85. The zero-order valence-electron chi connectivity index (χ0n) is 8.56. The van der Waals surface area contributed by atoms with Gasteiger partial charge in [0.05, 0.1) is 13.2 Å². The molecule has 1 aliphatic heterocycles. The number of ether oxygens (including phenoxy) is 1. The van der Waals surface area contributed by atoms with Crippen LogP contribution < -0.4 is 20.9 Å². The number of aromatic amines is 1. The summed E-state index contributed by atoms with van der Waals surface area (Å²) >= 11 is 0. The molecule has 0 saturated heterocycles. The highest BCUT2D eigenvalue weighted by molar-refractivity contribution is 5.98. The lowest BCUT2D eigenvalue weighted by atomic mass is 10.3. The Balaban J connectivity index is 2.13. The van der Waals surface area contributed by atoms with E-state index in [0.717, 1.165) is 0 Å². The van der Waals surface area contributed by atoms with Crippen LogP contribution in [0.25, 0.3) is 0 Å². The molecule has 1 amide bonds. The number of H-pyrrole nitrogens is 1. The maximum atomic E-state index is 11.5. The molecule has 0 saturated carbocycles. The van der Waals surface area contributed by atoms with Crippen molar-refractivity contribution in [2.24, 2.45) is 5.73 Å². The predicted octanol–water partition coefficient (Wildman–Crippen LogP) is -2.33. The van der Waals surface area contributed by atoms with Gasteiger partial charge in [0, 0.05) is 0 Å². The summed E-state index contributed by atoms with van der Waals surface area (Å²) in [6.45, 7) is 0.436. The molecular formula is C8H14N5O3+. The first-order chi connectivity index (χ1) is 7.72. The average Bonchev–Trinajstić information content (AvgIpc) is 2.62. The third-order valence-corrected chi connectivity index (χ3v) is 2.16. The number of hydrogen-bond acceptors (Lipinski definition) is 5. The molecule has 0 aliphatic carbocycles. The van der Waals surface area contributed by atoms with E-state index in [1.807, 2.05) is 0 Å². The van der Waals surface area contributed by atoms with E-state index in [4.69, 9.17) is 15.6 Å². The smallest absolute Gasteiger partial charge is 0.293 e. The van der Waals surface area contributed by atoms with Gasteiger partial charge < -0.3 is 15.2 Å². The van der Waals surface area contributed by atoms with Crippen LogP contribution in [0.4, 0.5) is 5.82 Å². The van der Waals surface area contributed by atoms with Crippen LogP contribution in [-0.2, 0) is 11.5 Å². The predicted molar refractivity (Wildman–Crippen MR) is 53.1 cm³/mol. The Bertz CT molecular complexity index is 391. The van der Waals surface area contributed by atoms with Crippen LogP contribution >= 0.6 is 0 Å². The third kappa shape index (κ3) is 1.98. The fourth-order valence-corrected chi connectivity index (χ4v) is 1.47. The Morgan fingerprint density at radius 3 is 3.12 bits per heavy atom. The molecule has 88 valence electrons. The molecule has 0 fully saturated rings. The Morgan fingerprint density at radius 2 is 2.38 bits per heavy atom. The van der Waals surface area contributed by atoms with Gasteiger partial charge in [-0.3, -0.25) is 20.8 Å². The number of carbonyl (C=O) groups is 1. The summed E-state index contributed by atoms with van der Waals surface area (Å²) in [5, 5.41) is 14.0. The van der Waals surface area contributed by atoms with Crippen molar-refractivity contribution in [3.05, 3.63) is 12.0 Å². The molecule has 0 radical (unpaired) electrons. The second kappa shape index (κ2) is 4.47. The molecule has 1 aromatic heterocycles. The van der Waals surface area contributed by atoms with Crippen molar-refractivity contribution in [1.82, 2.24) is 10.3 Å². The third-order valence-electron chi connectivity index (χ3n) is 2.16. The summed E-state index contributed by atoms with van der Waals surface area (Å²) in [6, 6.07) is 0. The van der Waals surface area contributed by atoms with Crippen molar-refractivity contribution in [2.75, 3.05) is 18.5 Å². The van der Waals surface area contributed by atoms with Gasteiger partial charge in [0.2, 0.25) is 5.69 Å². The number of nitrogens with one attached hydrogen (secondary N) is 3. The van der Waals surface area contributed by atoms with Gasteiger partial charge in [0.15, 0.2) is 19.3 Å². The zero-order valence-corrected chi connectivity index (χ0v) is 8.56. The van der Waals surface area contributed by atoms with Crippen molar-refractivity contribution in [1.29, 1.82) is 0 Å². The first-order valence-corrected chi connectivity index (χ1v) is 4.85. The second-order valence-corrected chi connectivity index (χ2v) is 3.32. The van der Waals surface area contributed by atoms with E-state index in [0.29, 0.717) is 11.5 Å². The molecule has 8 heteroatoms. The molecule has 0 spiro atoms. The summed E-state index contributed by atoms with van der Waals surface area (Å²) < 4.78 is 6.81. The lowest BCUT2D eigenvalue weighted by Gasteiger charge is -2.17. The van der Waals surface area contributed by atoms with E-state index in [1.54, 1.807) is 10.9 Å². The molecule has 1 aliphatic rings. The van der Waals surface area contributed by atoms with E-state index >= 15 is 0 Å². The molecule has 2 heterocycles. The number of nitrogens with zero attached hydrogens (tertiary/aromatic N) is 1. The minimum atomic E-state index is -0.611. The SMILES string of the molecule is N[C@H]1NC(=O)c2[nH]c[n+](COCCO)c2N1. The van der Waals surface area contributed by atoms with Gasteiger partial charge in [0.1, 0.15) is 0 Å². The number of rotatable bonds is 4. The molecule has 6 N–H and O–H groups in total. The maximum absolute atomic E-state index is 11.5. The molecule has 8 nitrogen and oxygen atoms in total.